The minimum atomic E-state index is -1.13. The van der Waals surface area contributed by atoms with E-state index in [0.29, 0.717) is 0 Å². The van der Waals surface area contributed by atoms with Gasteiger partial charge in [-0.2, -0.15) is 0 Å². The normalized spacial score (nSPS) is 7.80. The number of halogens is 1. The number of benzene rings is 1. The zero-order chi connectivity index (χ0) is 11.0. The molecule has 1 aromatic rings. The van der Waals surface area contributed by atoms with Gasteiger partial charge in [0.2, 0.25) is 5.91 Å². The Balaban J connectivity index is 0. The average molecular weight is 238 g/mol. The van der Waals surface area contributed by atoms with Crippen LogP contribution in [0.3, 0.4) is 0 Å². The van der Waals surface area contributed by atoms with Gasteiger partial charge in [-0.05, 0) is 5.56 Å². The van der Waals surface area contributed by atoms with Crippen LogP contribution in [0.5, 0.6) is 0 Å². The molecule has 0 aliphatic heterocycles. The first kappa shape index (κ1) is 16.9. The Morgan fingerprint density at radius 1 is 1.27 bits per heavy atom. The van der Waals surface area contributed by atoms with Crippen molar-refractivity contribution in [3.63, 3.8) is 0 Å². The third-order valence-electron chi connectivity index (χ3n) is 1.14. The Morgan fingerprint density at radius 2 is 1.67 bits per heavy atom. The first-order valence-corrected chi connectivity index (χ1v) is 4.22. The van der Waals surface area contributed by atoms with Crippen LogP contribution < -0.4 is 40.4 Å². The minimum Gasteiger partial charge on any atom is -0.545 e. The molecule has 0 fully saturated rings. The monoisotopic (exact) mass is 237 g/mol. The van der Waals surface area contributed by atoms with E-state index in [9.17, 15) is 14.7 Å². The van der Waals surface area contributed by atoms with Gasteiger partial charge in [0.05, 0.1) is 5.97 Å². The number of aromatic carboxylic acids is 1. The summed E-state index contributed by atoms with van der Waals surface area (Å²) in [6, 6.07) is 8.06. The molecule has 6 heteroatoms. The molecule has 4 nitrogen and oxygen atoms in total. The van der Waals surface area contributed by atoms with Crippen LogP contribution in [0.2, 0.25) is 0 Å². The van der Waals surface area contributed by atoms with Gasteiger partial charge in [0.1, 0.15) is 5.88 Å². The smallest absolute Gasteiger partial charge is 0.545 e. The summed E-state index contributed by atoms with van der Waals surface area (Å²) < 4.78 is 0. The Bertz CT molecular complexity index is 305. The molecule has 15 heavy (non-hydrogen) atoms. The van der Waals surface area contributed by atoms with E-state index < -0.39 is 11.9 Å². The third kappa shape index (κ3) is 9.75. The first-order chi connectivity index (χ1) is 6.57. The maximum atomic E-state index is 10.1. The molecule has 0 unspecified atom stereocenters. The molecule has 0 heterocycles. The second kappa shape index (κ2) is 9.98. The molecular formula is C9H9ClNNaO3. The summed E-state index contributed by atoms with van der Waals surface area (Å²) in [5, 5.41) is 10.1. The number of nitrogens with two attached hydrogens (primary N) is 1. The maximum absolute atomic E-state index is 10.1. The maximum Gasteiger partial charge on any atom is 1.00 e. The summed E-state index contributed by atoms with van der Waals surface area (Å²) in [6.07, 6.45) is 0. The van der Waals surface area contributed by atoms with Gasteiger partial charge in [0.25, 0.3) is 0 Å². The van der Waals surface area contributed by atoms with Gasteiger partial charge in [0, 0.05) is 0 Å². The zero-order valence-corrected chi connectivity index (χ0v) is 11.0. The van der Waals surface area contributed by atoms with Gasteiger partial charge in [0.15, 0.2) is 0 Å². The molecule has 0 aromatic heterocycles. The van der Waals surface area contributed by atoms with Gasteiger partial charge < -0.3 is 15.6 Å². The molecule has 76 valence electrons. The number of carboxylic acids is 1. The fourth-order valence-electron chi connectivity index (χ4n) is 0.574. The van der Waals surface area contributed by atoms with E-state index in [1.54, 1.807) is 18.2 Å². The number of alkyl halides is 1. The molecular weight excluding hydrogens is 229 g/mol. The average Bonchev–Trinajstić information content (AvgIpc) is 2.20. The zero-order valence-electron chi connectivity index (χ0n) is 8.27. The van der Waals surface area contributed by atoms with Crippen LogP contribution in [0, 0.1) is 0 Å². The number of amides is 1. The molecule has 0 radical (unpaired) electrons. The molecule has 0 bridgehead atoms. The SMILES string of the molecule is NC(=O)CCl.O=C([O-])c1ccccc1.[Na+]. The molecule has 0 spiro atoms. The fraction of sp³-hybridized carbons (Fsp3) is 0.111. The molecule has 0 saturated carbocycles. The van der Waals surface area contributed by atoms with Crippen molar-refractivity contribution in [2.45, 2.75) is 0 Å². The number of carboxylic acid groups (broad SMARTS) is 1. The van der Waals surface area contributed by atoms with Crippen LogP contribution in [-0.2, 0) is 4.79 Å². The van der Waals surface area contributed by atoms with E-state index in [1.165, 1.54) is 12.1 Å². The van der Waals surface area contributed by atoms with E-state index in [1.807, 2.05) is 0 Å². The van der Waals surface area contributed by atoms with Gasteiger partial charge in [-0.15, -0.1) is 11.6 Å². The quantitative estimate of drug-likeness (QED) is 0.434. The minimum absolute atomic E-state index is 0. The van der Waals surface area contributed by atoms with E-state index in [0.717, 1.165) is 0 Å². The van der Waals surface area contributed by atoms with Crippen molar-refractivity contribution in [3.8, 4) is 0 Å². The number of primary amides is 1. The summed E-state index contributed by atoms with van der Waals surface area (Å²) in [5.41, 5.74) is 4.74. The van der Waals surface area contributed by atoms with E-state index in [-0.39, 0.29) is 41.0 Å². The summed E-state index contributed by atoms with van der Waals surface area (Å²) in [5.74, 6) is -1.69. The van der Waals surface area contributed by atoms with Crippen molar-refractivity contribution in [3.05, 3.63) is 35.9 Å². The second-order valence-electron chi connectivity index (χ2n) is 2.25. The van der Waals surface area contributed by atoms with Crippen LogP contribution in [0.15, 0.2) is 30.3 Å². The first-order valence-electron chi connectivity index (χ1n) is 3.68. The number of rotatable bonds is 2. The van der Waals surface area contributed by atoms with Crippen molar-refractivity contribution < 1.29 is 44.3 Å². The van der Waals surface area contributed by atoms with Crippen LogP contribution in [0.4, 0.5) is 0 Å². The van der Waals surface area contributed by atoms with Crippen LogP contribution in [-0.4, -0.2) is 17.8 Å². The van der Waals surface area contributed by atoms with Crippen molar-refractivity contribution >= 4 is 23.5 Å². The Hall–Kier alpha value is -0.550. The topological polar surface area (TPSA) is 83.2 Å². The Labute approximate surface area is 115 Å². The van der Waals surface area contributed by atoms with E-state index >= 15 is 0 Å². The van der Waals surface area contributed by atoms with Gasteiger partial charge in [-0.25, -0.2) is 0 Å². The second-order valence-corrected chi connectivity index (χ2v) is 2.52. The predicted molar refractivity (Wildman–Crippen MR) is 50.7 cm³/mol. The van der Waals surface area contributed by atoms with Crippen LogP contribution >= 0.6 is 11.6 Å². The molecule has 0 aliphatic carbocycles. The molecule has 1 aromatic carbocycles. The van der Waals surface area contributed by atoms with E-state index in [2.05, 4.69) is 5.73 Å². The number of hydrogen-bond donors (Lipinski definition) is 1. The summed E-state index contributed by atoms with van der Waals surface area (Å²) in [4.78, 5) is 19.5. The Morgan fingerprint density at radius 3 is 1.87 bits per heavy atom. The molecule has 1 amide bonds. The summed E-state index contributed by atoms with van der Waals surface area (Å²) in [6.45, 7) is 0. The standard InChI is InChI=1S/C7H6O2.C2H4ClNO.Na/c8-7(9)6-4-2-1-3-5-6;3-1-2(4)5;/h1-5H,(H,8,9);1H2,(H2,4,5);/q;;+1/p-1. The predicted octanol–water partition coefficient (Wildman–Crippen LogP) is -3.24. The van der Waals surface area contributed by atoms with Crippen molar-refractivity contribution in [1.29, 1.82) is 0 Å². The van der Waals surface area contributed by atoms with Crippen LogP contribution in [0.25, 0.3) is 0 Å². The summed E-state index contributed by atoms with van der Waals surface area (Å²) in [7, 11) is 0. The largest absolute Gasteiger partial charge is 1.00 e. The van der Waals surface area contributed by atoms with Crippen molar-refractivity contribution in [2.75, 3.05) is 5.88 Å². The van der Waals surface area contributed by atoms with Crippen LogP contribution in [0.1, 0.15) is 10.4 Å². The fourth-order valence-corrected chi connectivity index (χ4v) is 0.574. The number of carbonyl (C=O) groups excluding carboxylic acids is 2. The third-order valence-corrected chi connectivity index (χ3v) is 1.40. The van der Waals surface area contributed by atoms with Crippen molar-refractivity contribution in [1.82, 2.24) is 0 Å². The van der Waals surface area contributed by atoms with Gasteiger partial charge in [-0.3, -0.25) is 4.79 Å². The molecule has 0 atom stereocenters. The van der Waals surface area contributed by atoms with Gasteiger partial charge >= 0.3 is 29.6 Å². The summed E-state index contributed by atoms with van der Waals surface area (Å²) >= 11 is 4.86. The molecule has 0 saturated heterocycles. The number of hydrogen-bond acceptors (Lipinski definition) is 3. The van der Waals surface area contributed by atoms with Crippen molar-refractivity contribution in [2.24, 2.45) is 5.73 Å². The Kier molecular flexibility index (Phi) is 11.2. The molecule has 0 aliphatic rings. The van der Waals surface area contributed by atoms with E-state index in [4.69, 9.17) is 11.6 Å². The molecule has 1 rings (SSSR count). The van der Waals surface area contributed by atoms with Gasteiger partial charge in [-0.1, -0.05) is 30.3 Å². The molecule has 2 N–H and O–H groups in total. The number of carbonyl (C=O) groups is 2.